The first-order valence-electron chi connectivity index (χ1n) is 5.78. The molecule has 1 N–H and O–H groups in total. The molecule has 0 aromatic heterocycles. The molecular formula is C13H18F3NO. The van der Waals surface area contributed by atoms with Gasteiger partial charge in [0.25, 0.3) is 0 Å². The SMILES string of the molecule is CNCC(OC(C)C(F)(F)F)c1cccc(C)c1. The molecule has 1 aromatic rings. The van der Waals surface area contributed by atoms with Crippen LogP contribution in [0.3, 0.4) is 0 Å². The molecule has 0 aliphatic carbocycles. The van der Waals surface area contributed by atoms with E-state index >= 15 is 0 Å². The quantitative estimate of drug-likeness (QED) is 0.878. The van der Waals surface area contributed by atoms with E-state index in [1.54, 1.807) is 13.1 Å². The lowest BCUT2D eigenvalue weighted by Crippen LogP contribution is -2.32. The zero-order chi connectivity index (χ0) is 13.8. The van der Waals surface area contributed by atoms with Gasteiger partial charge in [0.2, 0.25) is 0 Å². The van der Waals surface area contributed by atoms with E-state index < -0.39 is 18.4 Å². The smallest absolute Gasteiger partial charge is 0.360 e. The molecule has 2 unspecified atom stereocenters. The third kappa shape index (κ3) is 4.31. The molecule has 0 heterocycles. The summed E-state index contributed by atoms with van der Waals surface area (Å²) in [6.07, 6.45) is -6.72. The molecule has 1 aromatic carbocycles. The molecule has 0 fully saturated rings. The molecule has 2 nitrogen and oxygen atoms in total. The molecule has 18 heavy (non-hydrogen) atoms. The maximum absolute atomic E-state index is 12.5. The lowest BCUT2D eigenvalue weighted by atomic mass is 10.1. The van der Waals surface area contributed by atoms with Gasteiger partial charge in [0.15, 0.2) is 6.10 Å². The molecule has 0 aliphatic rings. The van der Waals surface area contributed by atoms with E-state index in [9.17, 15) is 13.2 Å². The van der Waals surface area contributed by atoms with E-state index in [2.05, 4.69) is 5.32 Å². The zero-order valence-electron chi connectivity index (χ0n) is 10.7. The summed E-state index contributed by atoms with van der Waals surface area (Å²) in [5.41, 5.74) is 1.75. The van der Waals surface area contributed by atoms with Crippen molar-refractivity contribution in [3.8, 4) is 0 Å². The normalized spacial score (nSPS) is 15.4. The van der Waals surface area contributed by atoms with Crippen LogP contribution < -0.4 is 5.32 Å². The first kappa shape index (κ1) is 15.0. The van der Waals surface area contributed by atoms with Crippen molar-refractivity contribution >= 4 is 0 Å². The average molecular weight is 261 g/mol. The lowest BCUT2D eigenvalue weighted by molar-refractivity contribution is -0.227. The standard InChI is InChI=1S/C13H18F3NO/c1-9-5-4-6-11(7-9)12(8-17-3)18-10(2)13(14,15)16/h4-7,10,12,17H,8H2,1-3H3. The van der Waals surface area contributed by atoms with Gasteiger partial charge in [-0.2, -0.15) is 13.2 Å². The summed E-state index contributed by atoms with van der Waals surface area (Å²) < 4.78 is 42.6. The minimum atomic E-state index is -4.34. The molecule has 0 radical (unpaired) electrons. The highest BCUT2D eigenvalue weighted by Crippen LogP contribution is 2.28. The van der Waals surface area contributed by atoms with Gasteiger partial charge in [0.1, 0.15) is 0 Å². The van der Waals surface area contributed by atoms with Crippen molar-refractivity contribution in [1.82, 2.24) is 5.32 Å². The van der Waals surface area contributed by atoms with Gasteiger partial charge < -0.3 is 10.1 Å². The summed E-state index contributed by atoms with van der Waals surface area (Å²) >= 11 is 0. The van der Waals surface area contributed by atoms with Gasteiger partial charge >= 0.3 is 6.18 Å². The number of alkyl halides is 3. The van der Waals surface area contributed by atoms with Gasteiger partial charge in [-0.25, -0.2) is 0 Å². The molecule has 102 valence electrons. The van der Waals surface area contributed by atoms with Crippen molar-refractivity contribution in [1.29, 1.82) is 0 Å². The Hall–Kier alpha value is -1.07. The third-order valence-corrected chi connectivity index (χ3v) is 2.63. The molecule has 0 bridgehead atoms. The van der Waals surface area contributed by atoms with Gasteiger partial charge in [-0.15, -0.1) is 0 Å². The van der Waals surface area contributed by atoms with Crippen LogP contribution in [0.5, 0.6) is 0 Å². The summed E-state index contributed by atoms with van der Waals surface area (Å²) in [5, 5.41) is 2.85. The van der Waals surface area contributed by atoms with Gasteiger partial charge in [-0.1, -0.05) is 29.8 Å². The first-order chi connectivity index (χ1) is 8.34. The lowest BCUT2D eigenvalue weighted by Gasteiger charge is -2.24. The van der Waals surface area contributed by atoms with Crippen LogP contribution in [0.25, 0.3) is 0 Å². The maximum Gasteiger partial charge on any atom is 0.414 e. The molecular weight excluding hydrogens is 243 g/mol. The van der Waals surface area contributed by atoms with Crippen LogP contribution in [-0.2, 0) is 4.74 Å². The summed E-state index contributed by atoms with van der Waals surface area (Å²) in [6, 6.07) is 7.32. The Morgan fingerprint density at radius 1 is 1.33 bits per heavy atom. The fourth-order valence-corrected chi connectivity index (χ4v) is 1.62. The van der Waals surface area contributed by atoms with Crippen molar-refractivity contribution in [2.75, 3.05) is 13.6 Å². The highest BCUT2D eigenvalue weighted by atomic mass is 19.4. The second-order valence-corrected chi connectivity index (χ2v) is 4.28. The molecule has 1 rings (SSSR count). The minimum absolute atomic E-state index is 0.337. The van der Waals surface area contributed by atoms with Crippen LogP contribution in [0.4, 0.5) is 13.2 Å². The molecule has 0 spiro atoms. The van der Waals surface area contributed by atoms with E-state index in [1.165, 1.54) is 0 Å². The Morgan fingerprint density at radius 3 is 2.50 bits per heavy atom. The van der Waals surface area contributed by atoms with E-state index in [4.69, 9.17) is 4.74 Å². The van der Waals surface area contributed by atoms with Gasteiger partial charge in [0, 0.05) is 6.54 Å². The molecule has 0 aliphatic heterocycles. The number of benzene rings is 1. The van der Waals surface area contributed by atoms with Gasteiger partial charge in [0.05, 0.1) is 6.10 Å². The Morgan fingerprint density at radius 2 is 2.00 bits per heavy atom. The Balaban J connectivity index is 2.83. The van der Waals surface area contributed by atoms with E-state index in [-0.39, 0.29) is 0 Å². The van der Waals surface area contributed by atoms with Crippen LogP contribution in [0, 0.1) is 6.92 Å². The van der Waals surface area contributed by atoms with E-state index in [0.29, 0.717) is 6.54 Å². The molecule has 0 amide bonds. The highest BCUT2D eigenvalue weighted by molar-refractivity contribution is 5.24. The zero-order valence-corrected chi connectivity index (χ0v) is 10.7. The Labute approximate surface area is 105 Å². The van der Waals surface area contributed by atoms with Crippen LogP contribution in [0.2, 0.25) is 0 Å². The fourth-order valence-electron chi connectivity index (χ4n) is 1.62. The topological polar surface area (TPSA) is 21.3 Å². The molecule has 5 heteroatoms. The summed E-state index contributed by atoms with van der Waals surface area (Å²) in [5.74, 6) is 0. The van der Waals surface area contributed by atoms with Crippen molar-refractivity contribution in [2.45, 2.75) is 32.2 Å². The second kappa shape index (κ2) is 6.20. The Bertz CT molecular complexity index is 379. The van der Waals surface area contributed by atoms with Crippen LogP contribution in [-0.4, -0.2) is 25.9 Å². The van der Waals surface area contributed by atoms with Crippen molar-refractivity contribution in [2.24, 2.45) is 0 Å². The largest absolute Gasteiger partial charge is 0.414 e. The van der Waals surface area contributed by atoms with Crippen LogP contribution in [0.1, 0.15) is 24.2 Å². The predicted molar refractivity (Wildman–Crippen MR) is 64.4 cm³/mol. The second-order valence-electron chi connectivity index (χ2n) is 4.28. The van der Waals surface area contributed by atoms with Gasteiger partial charge in [-0.05, 0) is 26.5 Å². The predicted octanol–water partition coefficient (Wildman–Crippen LogP) is 3.22. The monoisotopic (exact) mass is 261 g/mol. The summed E-state index contributed by atoms with van der Waals surface area (Å²) in [6.45, 7) is 3.26. The van der Waals surface area contributed by atoms with E-state index in [1.807, 2.05) is 25.1 Å². The van der Waals surface area contributed by atoms with Gasteiger partial charge in [-0.3, -0.25) is 0 Å². The molecule has 0 saturated carbocycles. The third-order valence-electron chi connectivity index (χ3n) is 2.63. The molecule has 0 saturated heterocycles. The first-order valence-corrected chi connectivity index (χ1v) is 5.78. The van der Waals surface area contributed by atoms with E-state index in [0.717, 1.165) is 18.1 Å². The van der Waals surface area contributed by atoms with Crippen LogP contribution >= 0.6 is 0 Å². The average Bonchev–Trinajstić information content (AvgIpc) is 2.27. The maximum atomic E-state index is 12.5. The summed E-state index contributed by atoms with van der Waals surface area (Å²) in [4.78, 5) is 0. The van der Waals surface area contributed by atoms with Crippen LogP contribution in [0.15, 0.2) is 24.3 Å². The number of rotatable bonds is 5. The highest BCUT2D eigenvalue weighted by Gasteiger charge is 2.38. The number of likely N-dealkylation sites (N-methyl/N-ethyl adjacent to an activating group) is 1. The number of ether oxygens (including phenoxy) is 1. The van der Waals surface area contributed by atoms with Crippen molar-refractivity contribution in [3.63, 3.8) is 0 Å². The fraction of sp³-hybridized carbons (Fsp3) is 0.538. The Kier molecular flexibility index (Phi) is 5.16. The number of halogens is 3. The number of hydrogen-bond donors (Lipinski definition) is 1. The number of nitrogens with one attached hydrogen (secondary N) is 1. The number of hydrogen-bond acceptors (Lipinski definition) is 2. The van der Waals surface area contributed by atoms with Crippen molar-refractivity contribution < 1.29 is 17.9 Å². The molecule has 2 atom stereocenters. The minimum Gasteiger partial charge on any atom is -0.360 e. The number of aryl methyl sites for hydroxylation is 1. The summed E-state index contributed by atoms with van der Waals surface area (Å²) in [7, 11) is 1.68. The van der Waals surface area contributed by atoms with Crippen molar-refractivity contribution in [3.05, 3.63) is 35.4 Å².